The van der Waals surface area contributed by atoms with Crippen molar-refractivity contribution in [2.75, 3.05) is 0 Å². The molecule has 2 aromatic rings. The Morgan fingerprint density at radius 3 is 2.95 bits per heavy atom. The van der Waals surface area contributed by atoms with Crippen LogP contribution in [0.15, 0.2) is 24.4 Å². The van der Waals surface area contributed by atoms with Crippen LogP contribution in [0.1, 0.15) is 34.3 Å². The van der Waals surface area contributed by atoms with Crippen LogP contribution in [0.2, 0.25) is 5.15 Å². The van der Waals surface area contributed by atoms with Gasteiger partial charge >= 0.3 is 0 Å². The van der Waals surface area contributed by atoms with Gasteiger partial charge in [-0.2, -0.15) is 0 Å². The number of carbonyl (C=O) groups excluding carboxylic acids is 1. The fraction of sp³-hybridized carbons (Fsp3) is 0.286. The van der Waals surface area contributed by atoms with Gasteiger partial charge in [0, 0.05) is 7.05 Å². The molecule has 1 aliphatic rings. The van der Waals surface area contributed by atoms with Gasteiger partial charge in [-0.15, -0.1) is 0 Å². The predicted octanol–water partition coefficient (Wildman–Crippen LogP) is 3.09. The third-order valence-electron chi connectivity index (χ3n) is 3.33. The number of aromatic nitrogens is 2. The van der Waals surface area contributed by atoms with Crippen molar-refractivity contribution in [2.24, 2.45) is 7.05 Å². The summed E-state index contributed by atoms with van der Waals surface area (Å²) in [5.41, 5.74) is 1.70. The fourth-order valence-corrected chi connectivity index (χ4v) is 2.42. The summed E-state index contributed by atoms with van der Waals surface area (Å²) in [6.45, 7) is 1.96. The topological polar surface area (TPSA) is 44.1 Å². The second-order valence-corrected chi connectivity index (χ2v) is 5.12. The lowest BCUT2D eigenvalue weighted by Crippen LogP contribution is -2.23. The van der Waals surface area contributed by atoms with Crippen molar-refractivity contribution in [3.05, 3.63) is 46.5 Å². The van der Waals surface area contributed by atoms with Crippen LogP contribution < -0.4 is 4.74 Å². The summed E-state index contributed by atoms with van der Waals surface area (Å²) in [5.74, 6) is 1.37. The molecule has 0 aliphatic carbocycles. The van der Waals surface area contributed by atoms with Gasteiger partial charge in [0.25, 0.3) is 0 Å². The maximum Gasteiger partial charge on any atom is 0.170 e. The van der Waals surface area contributed by atoms with E-state index in [0.717, 1.165) is 5.56 Å². The molecule has 3 rings (SSSR count). The molecule has 0 bridgehead atoms. The highest BCUT2D eigenvalue weighted by Gasteiger charge is 2.30. The van der Waals surface area contributed by atoms with Crippen LogP contribution in [-0.4, -0.2) is 15.3 Å². The molecule has 2 heterocycles. The maximum absolute atomic E-state index is 12.2. The minimum absolute atomic E-state index is 0.0778. The van der Waals surface area contributed by atoms with Crippen LogP contribution in [-0.2, 0) is 7.05 Å². The number of nitrogens with zero attached hydrogens (tertiary/aromatic N) is 2. The number of benzene rings is 1. The zero-order valence-electron chi connectivity index (χ0n) is 10.7. The van der Waals surface area contributed by atoms with Gasteiger partial charge in [0.2, 0.25) is 0 Å². The van der Waals surface area contributed by atoms with Crippen molar-refractivity contribution in [3.8, 4) is 5.75 Å². The molecule has 1 aliphatic heterocycles. The average molecular weight is 277 g/mol. The summed E-state index contributed by atoms with van der Waals surface area (Å²) in [7, 11) is 1.81. The average Bonchev–Trinajstić information content (AvgIpc) is 2.71. The number of imidazole rings is 1. The normalized spacial score (nSPS) is 18.1. The van der Waals surface area contributed by atoms with E-state index in [0.29, 0.717) is 22.3 Å². The van der Waals surface area contributed by atoms with Gasteiger partial charge < -0.3 is 9.30 Å². The quantitative estimate of drug-likeness (QED) is 0.804. The molecule has 0 N–H and O–H groups in total. The van der Waals surface area contributed by atoms with Crippen molar-refractivity contribution >= 4 is 17.4 Å². The Morgan fingerprint density at radius 2 is 2.26 bits per heavy atom. The second kappa shape index (κ2) is 4.38. The van der Waals surface area contributed by atoms with Gasteiger partial charge in [-0.25, -0.2) is 4.98 Å². The summed E-state index contributed by atoms with van der Waals surface area (Å²) < 4.78 is 7.61. The van der Waals surface area contributed by atoms with E-state index in [1.54, 1.807) is 10.8 Å². The number of ether oxygens (including phenoxy) is 1. The van der Waals surface area contributed by atoms with Crippen LogP contribution in [0, 0.1) is 6.92 Å². The van der Waals surface area contributed by atoms with E-state index in [1.165, 1.54) is 0 Å². The minimum atomic E-state index is -0.375. The predicted molar refractivity (Wildman–Crippen MR) is 71.7 cm³/mol. The molecule has 0 unspecified atom stereocenters. The number of rotatable bonds is 1. The molecule has 1 aromatic heterocycles. The highest BCUT2D eigenvalue weighted by molar-refractivity contribution is 6.29. The zero-order chi connectivity index (χ0) is 13.6. The van der Waals surface area contributed by atoms with Crippen molar-refractivity contribution in [2.45, 2.75) is 19.4 Å². The molecule has 0 spiro atoms. The van der Waals surface area contributed by atoms with E-state index in [-0.39, 0.29) is 18.3 Å². The van der Waals surface area contributed by atoms with E-state index in [9.17, 15) is 4.79 Å². The molecule has 1 aromatic carbocycles. The first kappa shape index (κ1) is 12.2. The molecule has 0 saturated carbocycles. The van der Waals surface area contributed by atoms with Crippen molar-refractivity contribution < 1.29 is 9.53 Å². The number of carbonyl (C=O) groups is 1. The Hall–Kier alpha value is -1.81. The summed E-state index contributed by atoms with van der Waals surface area (Å²) in [6, 6.07) is 5.62. The molecule has 1 atom stereocenters. The SMILES string of the molecule is Cc1ccc2c(c1)C(=O)C[C@@H](c1ncc(Cl)n1C)O2. The lowest BCUT2D eigenvalue weighted by atomic mass is 9.98. The summed E-state index contributed by atoms with van der Waals surface area (Å²) in [5, 5.41) is 0.528. The maximum atomic E-state index is 12.2. The first-order valence-electron chi connectivity index (χ1n) is 6.04. The number of ketones is 1. The standard InChI is InChI=1S/C14H13ClN2O2/c1-8-3-4-11-9(5-8)10(18)6-12(19-11)14-16-7-13(15)17(14)2/h3-5,7,12H,6H2,1-2H3/t12-/m0/s1. The second-order valence-electron chi connectivity index (χ2n) is 4.73. The lowest BCUT2D eigenvalue weighted by molar-refractivity contribution is 0.0835. The fourth-order valence-electron chi connectivity index (χ4n) is 2.28. The molecular weight excluding hydrogens is 264 g/mol. The van der Waals surface area contributed by atoms with Crippen LogP contribution in [0.5, 0.6) is 5.75 Å². The molecule has 0 amide bonds. The highest BCUT2D eigenvalue weighted by Crippen LogP contribution is 2.35. The Morgan fingerprint density at radius 1 is 1.47 bits per heavy atom. The monoisotopic (exact) mass is 276 g/mol. The van der Waals surface area contributed by atoms with E-state index >= 15 is 0 Å². The van der Waals surface area contributed by atoms with Crippen LogP contribution in [0.4, 0.5) is 0 Å². The Balaban J connectivity index is 1.99. The van der Waals surface area contributed by atoms with E-state index in [4.69, 9.17) is 16.3 Å². The third kappa shape index (κ3) is 2.02. The zero-order valence-corrected chi connectivity index (χ0v) is 11.4. The molecule has 0 fully saturated rings. The summed E-state index contributed by atoms with van der Waals surface area (Å²) in [6.07, 6.45) is 1.48. The van der Waals surface area contributed by atoms with Gasteiger partial charge in [0.05, 0.1) is 18.2 Å². The molecule has 5 heteroatoms. The number of Topliss-reactive ketones (excluding diaryl/α,β-unsaturated/α-hetero) is 1. The highest BCUT2D eigenvalue weighted by atomic mass is 35.5. The smallest absolute Gasteiger partial charge is 0.170 e. The van der Waals surface area contributed by atoms with Gasteiger partial charge in [0.15, 0.2) is 17.7 Å². The number of aryl methyl sites for hydroxylation is 1. The van der Waals surface area contributed by atoms with E-state index < -0.39 is 0 Å². The number of fused-ring (bicyclic) bond motifs is 1. The third-order valence-corrected chi connectivity index (χ3v) is 3.68. The molecular formula is C14H13ClN2O2. The van der Waals surface area contributed by atoms with Crippen LogP contribution in [0.25, 0.3) is 0 Å². The Labute approximate surface area is 116 Å². The number of hydrogen-bond donors (Lipinski definition) is 0. The number of halogens is 1. The van der Waals surface area contributed by atoms with Gasteiger partial charge in [0.1, 0.15) is 10.9 Å². The number of hydrogen-bond acceptors (Lipinski definition) is 3. The van der Waals surface area contributed by atoms with Gasteiger partial charge in [-0.3, -0.25) is 4.79 Å². The first-order chi connectivity index (χ1) is 9.06. The lowest BCUT2D eigenvalue weighted by Gasteiger charge is -2.25. The largest absolute Gasteiger partial charge is 0.481 e. The van der Waals surface area contributed by atoms with Crippen molar-refractivity contribution in [3.63, 3.8) is 0 Å². The Kier molecular flexibility index (Phi) is 2.82. The van der Waals surface area contributed by atoms with Crippen LogP contribution in [0.3, 0.4) is 0 Å². The van der Waals surface area contributed by atoms with E-state index in [2.05, 4.69) is 4.98 Å². The molecule has 19 heavy (non-hydrogen) atoms. The van der Waals surface area contributed by atoms with Crippen molar-refractivity contribution in [1.82, 2.24) is 9.55 Å². The van der Waals surface area contributed by atoms with Crippen molar-refractivity contribution in [1.29, 1.82) is 0 Å². The molecule has 0 saturated heterocycles. The molecule has 0 radical (unpaired) electrons. The first-order valence-corrected chi connectivity index (χ1v) is 6.41. The summed E-state index contributed by atoms with van der Waals surface area (Å²) in [4.78, 5) is 16.4. The summed E-state index contributed by atoms with van der Waals surface area (Å²) >= 11 is 5.97. The molecule has 4 nitrogen and oxygen atoms in total. The van der Waals surface area contributed by atoms with E-state index in [1.807, 2.05) is 32.2 Å². The Bertz CT molecular complexity index is 663. The minimum Gasteiger partial charge on any atom is -0.481 e. The van der Waals surface area contributed by atoms with Crippen LogP contribution >= 0.6 is 11.6 Å². The van der Waals surface area contributed by atoms with Gasteiger partial charge in [-0.05, 0) is 19.1 Å². The van der Waals surface area contributed by atoms with Gasteiger partial charge in [-0.1, -0.05) is 23.2 Å². The molecule has 98 valence electrons.